The van der Waals surface area contributed by atoms with E-state index in [4.69, 9.17) is 5.11 Å². The van der Waals surface area contributed by atoms with Crippen LogP contribution in [-0.4, -0.2) is 20.5 Å². The third-order valence-electron chi connectivity index (χ3n) is 1.90. The summed E-state index contributed by atoms with van der Waals surface area (Å²) in [4.78, 5) is 14.6. The van der Waals surface area contributed by atoms with E-state index in [0.29, 0.717) is 5.65 Å². The SMILES string of the molecule is Br.Cc1cccn2cc(C(=O)O)nc12. The number of carboxylic acid groups (broad SMARTS) is 1. The van der Waals surface area contributed by atoms with Gasteiger partial charge in [0.2, 0.25) is 0 Å². The van der Waals surface area contributed by atoms with Crippen LogP contribution in [0.25, 0.3) is 5.65 Å². The third-order valence-corrected chi connectivity index (χ3v) is 1.90. The highest BCUT2D eigenvalue weighted by molar-refractivity contribution is 8.93. The molecule has 0 bridgehead atoms. The highest BCUT2D eigenvalue weighted by Crippen LogP contribution is 2.09. The van der Waals surface area contributed by atoms with Gasteiger partial charge in [-0.05, 0) is 18.6 Å². The van der Waals surface area contributed by atoms with Crippen molar-refractivity contribution >= 4 is 28.6 Å². The van der Waals surface area contributed by atoms with E-state index in [0.717, 1.165) is 5.56 Å². The minimum absolute atomic E-state index is 0. The molecule has 0 saturated carbocycles. The van der Waals surface area contributed by atoms with Crippen LogP contribution in [-0.2, 0) is 0 Å². The molecule has 5 heteroatoms. The molecule has 0 unspecified atom stereocenters. The molecule has 2 rings (SSSR count). The van der Waals surface area contributed by atoms with Crippen molar-refractivity contribution in [3.63, 3.8) is 0 Å². The van der Waals surface area contributed by atoms with Crippen molar-refractivity contribution in [3.8, 4) is 0 Å². The van der Waals surface area contributed by atoms with Gasteiger partial charge in [0.1, 0.15) is 5.65 Å². The fourth-order valence-corrected chi connectivity index (χ4v) is 1.26. The van der Waals surface area contributed by atoms with Crippen molar-refractivity contribution < 1.29 is 9.90 Å². The number of pyridine rings is 1. The molecule has 2 aromatic heterocycles. The first-order valence-electron chi connectivity index (χ1n) is 3.86. The Balaban J connectivity index is 0.000000980. The lowest BCUT2D eigenvalue weighted by Gasteiger charge is -1.93. The number of fused-ring (bicyclic) bond motifs is 1. The van der Waals surface area contributed by atoms with Crippen LogP contribution in [0.5, 0.6) is 0 Å². The van der Waals surface area contributed by atoms with Crippen molar-refractivity contribution in [1.82, 2.24) is 9.38 Å². The van der Waals surface area contributed by atoms with Crippen LogP contribution in [0, 0.1) is 6.92 Å². The monoisotopic (exact) mass is 256 g/mol. The average Bonchev–Trinajstić information content (AvgIpc) is 2.49. The Morgan fingerprint density at radius 2 is 2.29 bits per heavy atom. The van der Waals surface area contributed by atoms with Gasteiger partial charge in [-0.2, -0.15) is 0 Å². The normalized spacial score (nSPS) is 9.79. The van der Waals surface area contributed by atoms with Crippen LogP contribution < -0.4 is 0 Å². The maximum atomic E-state index is 10.6. The first-order chi connectivity index (χ1) is 6.18. The van der Waals surface area contributed by atoms with Gasteiger partial charge in [-0.1, -0.05) is 6.07 Å². The topological polar surface area (TPSA) is 54.6 Å². The summed E-state index contributed by atoms with van der Waals surface area (Å²) in [5, 5.41) is 8.70. The quantitative estimate of drug-likeness (QED) is 0.849. The number of hydrogen-bond donors (Lipinski definition) is 1. The number of rotatable bonds is 1. The van der Waals surface area contributed by atoms with E-state index >= 15 is 0 Å². The van der Waals surface area contributed by atoms with Gasteiger partial charge in [-0.25, -0.2) is 9.78 Å². The maximum absolute atomic E-state index is 10.6. The number of hydrogen-bond acceptors (Lipinski definition) is 2. The maximum Gasteiger partial charge on any atom is 0.356 e. The number of aromatic carboxylic acids is 1. The van der Waals surface area contributed by atoms with E-state index < -0.39 is 5.97 Å². The molecule has 1 N–H and O–H groups in total. The molecule has 0 spiro atoms. The second kappa shape index (κ2) is 3.79. The van der Waals surface area contributed by atoms with Gasteiger partial charge in [-0.15, -0.1) is 17.0 Å². The molecule has 0 aliphatic heterocycles. The molecular weight excluding hydrogens is 248 g/mol. The molecule has 4 nitrogen and oxygen atoms in total. The number of aryl methyl sites for hydroxylation is 1. The third kappa shape index (κ3) is 1.63. The summed E-state index contributed by atoms with van der Waals surface area (Å²) in [6.45, 7) is 1.90. The Kier molecular flexibility index (Phi) is 2.90. The van der Waals surface area contributed by atoms with Crippen molar-refractivity contribution in [2.45, 2.75) is 6.92 Å². The summed E-state index contributed by atoms with van der Waals surface area (Å²) < 4.78 is 1.71. The zero-order valence-corrected chi connectivity index (χ0v) is 9.18. The molecular formula is C9H9BrN2O2. The van der Waals surface area contributed by atoms with Crippen LogP contribution in [0.15, 0.2) is 24.5 Å². The number of carbonyl (C=O) groups is 1. The summed E-state index contributed by atoms with van der Waals surface area (Å²) in [5.41, 5.74) is 1.74. The number of imidazole rings is 1. The molecule has 74 valence electrons. The Morgan fingerprint density at radius 3 is 2.86 bits per heavy atom. The second-order valence-corrected chi connectivity index (χ2v) is 2.85. The molecule has 0 aromatic carbocycles. The predicted octanol–water partition coefficient (Wildman–Crippen LogP) is 1.92. The van der Waals surface area contributed by atoms with Crippen LogP contribution in [0.3, 0.4) is 0 Å². The van der Waals surface area contributed by atoms with E-state index in [1.807, 2.05) is 19.1 Å². The number of carboxylic acids is 1. The minimum Gasteiger partial charge on any atom is -0.476 e. The van der Waals surface area contributed by atoms with Gasteiger partial charge in [0, 0.05) is 12.4 Å². The number of halogens is 1. The summed E-state index contributed by atoms with van der Waals surface area (Å²) in [5.74, 6) is -0.997. The lowest BCUT2D eigenvalue weighted by Crippen LogP contribution is -1.95. The van der Waals surface area contributed by atoms with Crippen molar-refractivity contribution in [2.75, 3.05) is 0 Å². The van der Waals surface area contributed by atoms with E-state index in [1.165, 1.54) is 6.20 Å². The predicted molar refractivity (Wildman–Crippen MR) is 57.2 cm³/mol. The fourth-order valence-electron chi connectivity index (χ4n) is 1.26. The molecule has 2 aromatic rings. The molecule has 0 radical (unpaired) electrons. The molecule has 0 amide bonds. The van der Waals surface area contributed by atoms with Gasteiger partial charge in [0.25, 0.3) is 0 Å². The molecule has 14 heavy (non-hydrogen) atoms. The number of aromatic nitrogens is 2. The standard InChI is InChI=1S/C9H8N2O2.BrH/c1-6-3-2-4-11-5-7(9(12)13)10-8(6)11;/h2-5H,1H3,(H,12,13);1H. The minimum atomic E-state index is -0.997. The van der Waals surface area contributed by atoms with Gasteiger partial charge in [-0.3, -0.25) is 0 Å². The van der Waals surface area contributed by atoms with Gasteiger partial charge < -0.3 is 9.51 Å². The van der Waals surface area contributed by atoms with Crippen molar-refractivity contribution in [1.29, 1.82) is 0 Å². The fraction of sp³-hybridized carbons (Fsp3) is 0.111. The first kappa shape index (κ1) is 10.7. The summed E-state index contributed by atoms with van der Waals surface area (Å²) in [6.07, 6.45) is 3.28. The van der Waals surface area contributed by atoms with E-state index in [1.54, 1.807) is 10.6 Å². The van der Waals surface area contributed by atoms with Crippen molar-refractivity contribution in [2.24, 2.45) is 0 Å². The zero-order chi connectivity index (χ0) is 9.42. The van der Waals surface area contributed by atoms with Gasteiger partial charge >= 0.3 is 5.97 Å². The van der Waals surface area contributed by atoms with Crippen LogP contribution in [0.1, 0.15) is 16.1 Å². The van der Waals surface area contributed by atoms with Gasteiger partial charge in [0.05, 0.1) is 0 Å². The number of nitrogens with zero attached hydrogens (tertiary/aromatic N) is 2. The molecule has 0 aliphatic carbocycles. The molecule has 0 fully saturated rings. The Hall–Kier alpha value is -1.36. The average molecular weight is 257 g/mol. The summed E-state index contributed by atoms with van der Waals surface area (Å²) in [7, 11) is 0. The first-order valence-corrected chi connectivity index (χ1v) is 3.86. The lowest BCUT2D eigenvalue weighted by molar-refractivity contribution is 0.0691. The van der Waals surface area contributed by atoms with Crippen LogP contribution >= 0.6 is 17.0 Å². The largest absolute Gasteiger partial charge is 0.476 e. The van der Waals surface area contributed by atoms with E-state index in [9.17, 15) is 4.79 Å². The zero-order valence-electron chi connectivity index (χ0n) is 7.47. The smallest absolute Gasteiger partial charge is 0.356 e. The van der Waals surface area contributed by atoms with Gasteiger partial charge in [0.15, 0.2) is 5.69 Å². The molecule has 2 heterocycles. The second-order valence-electron chi connectivity index (χ2n) is 2.85. The molecule has 0 aliphatic rings. The van der Waals surface area contributed by atoms with Crippen molar-refractivity contribution in [3.05, 3.63) is 35.8 Å². The molecule has 0 atom stereocenters. The van der Waals surface area contributed by atoms with Crippen LogP contribution in [0.4, 0.5) is 0 Å². The Morgan fingerprint density at radius 1 is 1.57 bits per heavy atom. The Labute approximate surface area is 91.0 Å². The van der Waals surface area contributed by atoms with Crippen LogP contribution in [0.2, 0.25) is 0 Å². The lowest BCUT2D eigenvalue weighted by atomic mass is 10.3. The van der Waals surface area contributed by atoms with E-state index in [2.05, 4.69) is 4.98 Å². The summed E-state index contributed by atoms with van der Waals surface area (Å²) in [6, 6.07) is 3.75. The molecule has 0 saturated heterocycles. The van der Waals surface area contributed by atoms with E-state index in [-0.39, 0.29) is 22.7 Å². The highest BCUT2D eigenvalue weighted by atomic mass is 79.9. The summed E-state index contributed by atoms with van der Waals surface area (Å²) >= 11 is 0. The highest BCUT2D eigenvalue weighted by Gasteiger charge is 2.08. The Bertz CT molecular complexity index is 479.